The maximum absolute atomic E-state index is 2.39. The minimum absolute atomic E-state index is 0.917. The summed E-state index contributed by atoms with van der Waals surface area (Å²) >= 11 is 1.92. The van der Waals surface area contributed by atoms with Gasteiger partial charge in [0.15, 0.2) is 0 Å². The zero-order valence-electron chi connectivity index (χ0n) is 15.3. The van der Waals surface area contributed by atoms with Crippen LogP contribution in [0.4, 0.5) is 0 Å². The van der Waals surface area contributed by atoms with E-state index in [1.165, 1.54) is 38.1 Å². The minimum Gasteiger partial charge on any atom is -0.342 e. The second kappa shape index (κ2) is 7.43. The van der Waals surface area contributed by atoms with Crippen LogP contribution < -0.4 is 0 Å². The first kappa shape index (κ1) is 17.0. The highest BCUT2D eigenvalue weighted by Crippen LogP contribution is 2.32. The van der Waals surface area contributed by atoms with E-state index in [1.807, 2.05) is 11.8 Å². The van der Waals surface area contributed by atoms with Crippen LogP contribution in [0.1, 0.15) is 22.3 Å². The first-order chi connectivity index (χ1) is 12.7. The van der Waals surface area contributed by atoms with Gasteiger partial charge in [-0.3, -0.25) is 0 Å². The smallest absolute Gasteiger partial charge is 0.0495 e. The van der Waals surface area contributed by atoms with Crippen LogP contribution in [0.5, 0.6) is 0 Å². The number of para-hydroxylation sites is 1. The van der Waals surface area contributed by atoms with E-state index >= 15 is 0 Å². The molecular weight excluding hydrogens is 334 g/mol. The monoisotopic (exact) mass is 357 g/mol. The summed E-state index contributed by atoms with van der Waals surface area (Å²) in [5.74, 6) is 0.998. The Hall–Kier alpha value is -2.45. The van der Waals surface area contributed by atoms with E-state index in [0.717, 1.165) is 12.3 Å². The SMILES string of the molecule is Cc1ccc(C)c(Cn2cc(SCc3ccccc3)c3ccccc32)c1. The average molecular weight is 358 g/mol. The predicted molar refractivity (Wildman–Crippen MR) is 113 cm³/mol. The molecule has 26 heavy (non-hydrogen) atoms. The maximum Gasteiger partial charge on any atom is 0.0495 e. The van der Waals surface area contributed by atoms with Crippen LogP contribution >= 0.6 is 11.8 Å². The molecule has 0 radical (unpaired) electrons. The first-order valence-electron chi connectivity index (χ1n) is 9.01. The van der Waals surface area contributed by atoms with Crippen LogP contribution in [-0.4, -0.2) is 4.57 Å². The molecule has 3 aromatic carbocycles. The van der Waals surface area contributed by atoms with E-state index in [0.29, 0.717) is 0 Å². The zero-order valence-corrected chi connectivity index (χ0v) is 16.1. The molecule has 4 rings (SSSR count). The Bertz CT molecular complexity index is 1030. The van der Waals surface area contributed by atoms with Crippen molar-refractivity contribution in [2.24, 2.45) is 0 Å². The van der Waals surface area contributed by atoms with Gasteiger partial charge >= 0.3 is 0 Å². The van der Waals surface area contributed by atoms with Crippen LogP contribution in [-0.2, 0) is 12.3 Å². The van der Waals surface area contributed by atoms with Gasteiger partial charge in [-0.1, -0.05) is 72.3 Å². The third kappa shape index (κ3) is 3.56. The van der Waals surface area contributed by atoms with Crippen molar-refractivity contribution >= 4 is 22.7 Å². The molecule has 2 heteroatoms. The van der Waals surface area contributed by atoms with E-state index < -0.39 is 0 Å². The van der Waals surface area contributed by atoms with Crippen LogP contribution in [0, 0.1) is 13.8 Å². The standard InChI is InChI=1S/C24H23NS/c1-18-12-13-19(2)21(14-18)15-25-16-24(22-10-6-7-11-23(22)25)26-17-20-8-4-3-5-9-20/h3-14,16H,15,17H2,1-2H3. The molecule has 4 aromatic rings. The van der Waals surface area contributed by atoms with Crippen molar-refractivity contribution in [3.63, 3.8) is 0 Å². The summed E-state index contributed by atoms with van der Waals surface area (Å²) in [6.07, 6.45) is 2.32. The summed E-state index contributed by atoms with van der Waals surface area (Å²) in [6, 6.07) is 26.1. The number of thioether (sulfide) groups is 1. The Kier molecular flexibility index (Phi) is 4.85. The lowest BCUT2D eigenvalue weighted by atomic mass is 10.1. The van der Waals surface area contributed by atoms with Crippen molar-refractivity contribution in [1.82, 2.24) is 4.57 Å². The van der Waals surface area contributed by atoms with Crippen molar-refractivity contribution in [1.29, 1.82) is 0 Å². The molecule has 0 atom stereocenters. The number of hydrogen-bond acceptors (Lipinski definition) is 1. The second-order valence-corrected chi connectivity index (χ2v) is 7.86. The Balaban J connectivity index is 1.66. The maximum atomic E-state index is 2.39. The summed E-state index contributed by atoms with van der Waals surface area (Å²) in [5, 5.41) is 1.35. The molecule has 0 unspecified atom stereocenters. The Morgan fingerprint density at radius 3 is 2.46 bits per heavy atom. The fourth-order valence-corrected chi connectivity index (χ4v) is 4.39. The molecule has 0 N–H and O–H groups in total. The van der Waals surface area contributed by atoms with E-state index in [9.17, 15) is 0 Å². The van der Waals surface area contributed by atoms with Gasteiger partial charge in [0.25, 0.3) is 0 Å². The summed E-state index contributed by atoms with van der Waals surface area (Å²) in [7, 11) is 0. The molecular formula is C24H23NS. The van der Waals surface area contributed by atoms with Crippen LogP contribution in [0.3, 0.4) is 0 Å². The van der Waals surface area contributed by atoms with Gasteiger partial charge in [-0.05, 0) is 36.6 Å². The molecule has 1 heterocycles. The van der Waals surface area contributed by atoms with Gasteiger partial charge in [0.2, 0.25) is 0 Å². The lowest BCUT2D eigenvalue weighted by molar-refractivity contribution is 0.823. The molecule has 0 aliphatic rings. The molecule has 0 aliphatic heterocycles. The van der Waals surface area contributed by atoms with Crippen molar-refractivity contribution < 1.29 is 0 Å². The third-order valence-electron chi connectivity index (χ3n) is 4.83. The average Bonchev–Trinajstić information content (AvgIpc) is 3.02. The molecule has 1 nitrogen and oxygen atoms in total. The summed E-state index contributed by atoms with van der Waals surface area (Å²) in [4.78, 5) is 1.36. The normalized spacial score (nSPS) is 11.2. The van der Waals surface area contributed by atoms with Crippen LogP contribution in [0.2, 0.25) is 0 Å². The molecule has 0 saturated heterocycles. The number of nitrogens with zero attached hydrogens (tertiary/aromatic N) is 1. The Morgan fingerprint density at radius 1 is 0.846 bits per heavy atom. The van der Waals surface area contributed by atoms with E-state index in [4.69, 9.17) is 0 Å². The molecule has 0 amide bonds. The summed E-state index contributed by atoms with van der Waals surface area (Å²) < 4.78 is 2.39. The predicted octanol–water partition coefficient (Wildman–Crippen LogP) is 6.60. The number of benzene rings is 3. The van der Waals surface area contributed by atoms with Crippen molar-refractivity contribution in [3.05, 3.63) is 101 Å². The molecule has 130 valence electrons. The number of aromatic nitrogens is 1. The van der Waals surface area contributed by atoms with Gasteiger partial charge in [0, 0.05) is 34.3 Å². The number of rotatable bonds is 5. The lowest BCUT2D eigenvalue weighted by Crippen LogP contribution is -2.00. The summed E-state index contributed by atoms with van der Waals surface area (Å²) in [6.45, 7) is 5.28. The lowest BCUT2D eigenvalue weighted by Gasteiger charge is -2.09. The van der Waals surface area contributed by atoms with Gasteiger partial charge < -0.3 is 4.57 Å². The van der Waals surface area contributed by atoms with Crippen LogP contribution in [0.25, 0.3) is 10.9 Å². The van der Waals surface area contributed by atoms with Gasteiger partial charge in [-0.25, -0.2) is 0 Å². The zero-order chi connectivity index (χ0) is 17.9. The fraction of sp³-hybridized carbons (Fsp3) is 0.167. The number of hydrogen-bond donors (Lipinski definition) is 0. The number of aryl methyl sites for hydroxylation is 2. The highest BCUT2D eigenvalue weighted by atomic mass is 32.2. The van der Waals surface area contributed by atoms with Gasteiger partial charge in [-0.2, -0.15) is 0 Å². The highest BCUT2D eigenvalue weighted by Gasteiger charge is 2.10. The molecule has 0 fully saturated rings. The third-order valence-corrected chi connectivity index (χ3v) is 5.95. The molecule has 0 spiro atoms. The highest BCUT2D eigenvalue weighted by molar-refractivity contribution is 7.98. The van der Waals surface area contributed by atoms with Gasteiger partial charge in [-0.15, -0.1) is 11.8 Å². The number of fused-ring (bicyclic) bond motifs is 1. The molecule has 0 saturated carbocycles. The van der Waals surface area contributed by atoms with Crippen molar-refractivity contribution in [2.45, 2.75) is 31.0 Å². The molecule has 1 aromatic heterocycles. The molecule has 0 aliphatic carbocycles. The van der Waals surface area contributed by atoms with Crippen LogP contribution in [0.15, 0.2) is 83.9 Å². The van der Waals surface area contributed by atoms with E-state index in [1.54, 1.807) is 0 Å². The first-order valence-corrected chi connectivity index (χ1v) is 10.00. The van der Waals surface area contributed by atoms with E-state index in [2.05, 4.69) is 97.4 Å². The topological polar surface area (TPSA) is 4.93 Å². The van der Waals surface area contributed by atoms with E-state index in [-0.39, 0.29) is 0 Å². The summed E-state index contributed by atoms with van der Waals surface area (Å²) in [5.41, 5.74) is 6.74. The Morgan fingerprint density at radius 2 is 1.62 bits per heavy atom. The molecule has 0 bridgehead atoms. The second-order valence-electron chi connectivity index (χ2n) is 6.84. The largest absolute Gasteiger partial charge is 0.342 e. The van der Waals surface area contributed by atoms with Crippen molar-refractivity contribution in [3.8, 4) is 0 Å². The fourth-order valence-electron chi connectivity index (χ4n) is 3.35. The van der Waals surface area contributed by atoms with Gasteiger partial charge in [0.1, 0.15) is 0 Å². The van der Waals surface area contributed by atoms with Crippen molar-refractivity contribution in [2.75, 3.05) is 0 Å². The quantitative estimate of drug-likeness (QED) is 0.364. The minimum atomic E-state index is 0.917. The Labute approximate surface area is 159 Å². The van der Waals surface area contributed by atoms with Gasteiger partial charge in [0.05, 0.1) is 0 Å².